The summed E-state index contributed by atoms with van der Waals surface area (Å²) in [6, 6.07) is 16.8. The van der Waals surface area contributed by atoms with Gasteiger partial charge in [-0.2, -0.15) is 5.10 Å². The lowest BCUT2D eigenvalue weighted by molar-refractivity contribution is 1.24. The number of thiocarbonyl (C=S) groups is 1. The van der Waals surface area contributed by atoms with Crippen molar-refractivity contribution in [2.75, 3.05) is 10.2 Å². The first kappa shape index (κ1) is 14.3. The van der Waals surface area contributed by atoms with Gasteiger partial charge in [-0.05, 0) is 48.6 Å². The van der Waals surface area contributed by atoms with Crippen molar-refractivity contribution < 1.29 is 0 Å². The number of rotatable bonds is 3. The number of anilines is 2. The van der Waals surface area contributed by atoms with Crippen molar-refractivity contribution in [3.8, 4) is 0 Å². The van der Waals surface area contributed by atoms with Crippen LogP contribution in [0.1, 0.15) is 0 Å². The predicted molar refractivity (Wildman–Crippen MR) is 89.3 cm³/mol. The van der Waals surface area contributed by atoms with E-state index < -0.39 is 0 Å². The molecule has 2 rings (SSSR count). The molecule has 4 nitrogen and oxygen atoms in total. The molecule has 0 spiro atoms. The minimum atomic E-state index is 0.465. The molecular weight excluding hydrogens is 292 g/mol. The van der Waals surface area contributed by atoms with E-state index >= 15 is 0 Å². The Balaban J connectivity index is 2.18. The molecule has 0 aliphatic rings. The largest absolute Gasteiger partial charge is 0.332 e. The van der Waals surface area contributed by atoms with Crippen molar-refractivity contribution in [1.29, 1.82) is 0 Å². The van der Waals surface area contributed by atoms with E-state index in [9.17, 15) is 0 Å². The van der Waals surface area contributed by atoms with Crippen molar-refractivity contribution in [3.05, 3.63) is 59.6 Å². The number of para-hydroxylation sites is 1. The number of hydrazone groups is 1. The summed E-state index contributed by atoms with van der Waals surface area (Å²) in [4.78, 5) is 1.68. The van der Waals surface area contributed by atoms with Crippen molar-refractivity contribution in [1.82, 2.24) is 0 Å². The highest BCUT2D eigenvalue weighted by Crippen LogP contribution is 2.16. The fourth-order valence-corrected chi connectivity index (χ4v) is 2.00. The lowest BCUT2D eigenvalue weighted by Gasteiger charge is -2.21. The molecule has 2 aromatic rings. The van der Waals surface area contributed by atoms with E-state index in [1.54, 1.807) is 17.0 Å². The van der Waals surface area contributed by atoms with E-state index in [0.717, 1.165) is 11.4 Å². The average Bonchev–Trinajstić information content (AvgIpc) is 2.48. The minimum absolute atomic E-state index is 0.465. The van der Waals surface area contributed by atoms with Crippen LogP contribution < -0.4 is 16.1 Å². The van der Waals surface area contributed by atoms with Crippen molar-refractivity contribution in [2.24, 2.45) is 10.9 Å². The third-order valence-electron chi connectivity index (χ3n) is 2.53. The number of halogens is 1. The number of nitrogens with two attached hydrogens (primary N) is 1. The molecule has 2 aromatic carbocycles. The predicted octanol–water partition coefficient (Wildman–Crippen LogP) is 3.45. The van der Waals surface area contributed by atoms with Gasteiger partial charge in [0, 0.05) is 16.4 Å². The van der Waals surface area contributed by atoms with Crippen LogP contribution in [0.25, 0.3) is 0 Å². The van der Waals surface area contributed by atoms with Gasteiger partial charge in [-0.15, -0.1) is 0 Å². The summed E-state index contributed by atoms with van der Waals surface area (Å²) in [5.41, 5.74) is 1.71. The molecule has 0 saturated heterocycles. The van der Waals surface area contributed by atoms with Crippen LogP contribution in [0.15, 0.2) is 59.7 Å². The van der Waals surface area contributed by atoms with Gasteiger partial charge in [0.1, 0.15) is 6.34 Å². The number of nitrogens with one attached hydrogen (secondary N) is 1. The Kier molecular flexibility index (Phi) is 4.92. The molecule has 0 heterocycles. The molecule has 0 aromatic heterocycles. The van der Waals surface area contributed by atoms with Crippen LogP contribution in [0.3, 0.4) is 0 Å². The first-order valence-electron chi connectivity index (χ1n) is 5.85. The number of benzene rings is 2. The van der Waals surface area contributed by atoms with E-state index in [1.165, 1.54) is 6.34 Å². The van der Waals surface area contributed by atoms with E-state index in [-0.39, 0.29) is 0 Å². The van der Waals surface area contributed by atoms with Gasteiger partial charge in [-0.25, -0.2) is 0 Å². The second-order valence-corrected chi connectivity index (χ2v) is 4.73. The van der Waals surface area contributed by atoms with Gasteiger partial charge in [0.05, 0.1) is 0 Å². The summed E-state index contributed by atoms with van der Waals surface area (Å²) in [5.74, 6) is 5.24. The van der Waals surface area contributed by atoms with Gasteiger partial charge in [0.15, 0.2) is 5.11 Å². The smallest absolute Gasteiger partial charge is 0.183 e. The summed E-state index contributed by atoms with van der Waals surface area (Å²) >= 11 is 11.2. The average molecular weight is 305 g/mol. The molecule has 0 aliphatic heterocycles. The number of hydrogen-bond acceptors (Lipinski definition) is 3. The monoisotopic (exact) mass is 304 g/mol. The zero-order valence-electron chi connectivity index (χ0n) is 10.5. The summed E-state index contributed by atoms with van der Waals surface area (Å²) in [6.07, 6.45) is 1.46. The van der Waals surface area contributed by atoms with E-state index in [2.05, 4.69) is 10.4 Å². The summed E-state index contributed by atoms with van der Waals surface area (Å²) in [5, 5.41) is 7.78. The van der Waals surface area contributed by atoms with E-state index in [4.69, 9.17) is 29.7 Å². The van der Waals surface area contributed by atoms with Gasteiger partial charge in [-0.3, -0.25) is 4.90 Å². The van der Waals surface area contributed by atoms with Crippen molar-refractivity contribution in [3.63, 3.8) is 0 Å². The third kappa shape index (κ3) is 3.69. The maximum Gasteiger partial charge on any atom is 0.183 e. The Morgan fingerprint density at radius 1 is 1.15 bits per heavy atom. The molecule has 3 N–H and O–H groups in total. The van der Waals surface area contributed by atoms with E-state index in [1.807, 2.05) is 42.5 Å². The van der Waals surface area contributed by atoms with Crippen LogP contribution in [0.5, 0.6) is 0 Å². The molecule has 0 amide bonds. The highest BCUT2D eigenvalue weighted by molar-refractivity contribution is 7.80. The Morgan fingerprint density at radius 3 is 2.40 bits per heavy atom. The lowest BCUT2D eigenvalue weighted by Crippen LogP contribution is -2.33. The van der Waals surface area contributed by atoms with Gasteiger partial charge < -0.3 is 11.2 Å². The highest BCUT2D eigenvalue weighted by Gasteiger charge is 2.09. The molecule has 0 atom stereocenters. The van der Waals surface area contributed by atoms with Crippen LogP contribution in [0.4, 0.5) is 11.4 Å². The molecule has 20 heavy (non-hydrogen) atoms. The summed E-state index contributed by atoms with van der Waals surface area (Å²) in [6.45, 7) is 0. The highest BCUT2D eigenvalue weighted by atomic mass is 35.5. The lowest BCUT2D eigenvalue weighted by atomic mass is 10.3. The van der Waals surface area contributed by atoms with Crippen LogP contribution in [-0.2, 0) is 0 Å². The Hall–Kier alpha value is -2.11. The second kappa shape index (κ2) is 6.88. The summed E-state index contributed by atoms with van der Waals surface area (Å²) < 4.78 is 0. The second-order valence-electron chi connectivity index (χ2n) is 3.91. The Morgan fingerprint density at radius 2 is 1.80 bits per heavy atom. The van der Waals surface area contributed by atoms with Crippen LogP contribution in [0.2, 0.25) is 5.02 Å². The maximum absolute atomic E-state index is 5.85. The molecule has 0 aliphatic carbocycles. The Bertz CT molecular complexity index is 598. The fourth-order valence-electron chi connectivity index (χ4n) is 1.61. The normalized spacial score (nSPS) is 10.4. The topological polar surface area (TPSA) is 53.6 Å². The minimum Gasteiger partial charge on any atom is -0.332 e. The first-order valence-corrected chi connectivity index (χ1v) is 6.63. The van der Waals surface area contributed by atoms with Gasteiger partial charge in [-0.1, -0.05) is 29.8 Å². The third-order valence-corrected chi connectivity index (χ3v) is 3.08. The van der Waals surface area contributed by atoms with Crippen LogP contribution in [-0.4, -0.2) is 11.5 Å². The van der Waals surface area contributed by atoms with Crippen LogP contribution in [0, 0.1) is 0 Å². The maximum atomic E-state index is 5.85. The number of hydrogen-bond donors (Lipinski definition) is 2. The molecule has 6 heteroatoms. The summed E-state index contributed by atoms with van der Waals surface area (Å²) in [7, 11) is 0. The van der Waals surface area contributed by atoms with E-state index in [0.29, 0.717) is 10.1 Å². The fraction of sp³-hybridized carbons (Fsp3) is 0. The molecular formula is C14H13ClN4S. The standard InChI is InChI=1S/C14H13ClN4S/c15-11-6-8-12(9-7-11)18-14(20)19(10-17-16)13-4-2-1-3-5-13/h1-10H,16H2,(H,18,20). The van der Waals surface area contributed by atoms with Crippen LogP contribution >= 0.6 is 23.8 Å². The molecule has 102 valence electrons. The van der Waals surface area contributed by atoms with Gasteiger partial charge in [0.25, 0.3) is 0 Å². The molecule has 0 radical (unpaired) electrons. The molecule has 0 bridgehead atoms. The first-order chi connectivity index (χ1) is 9.70. The van der Waals surface area contributed by atoms with Crippen molar-refractivity contribution >= 4 is 46.6 Å². The quantitative estimate of drug-likeness (QED) is 0.300. The molecule has 0 saturated carbocycles. The zero-order valence-corrected chi connectivity index (χ0v) is 12.1. The zero-order chi connectivity index (χ0) is 14.4. The SMILES string of the molecule is NN=CN(C(=S)Nc1ccc(Cl)cc1)c1ccccc1. The van der Waals surface area contributed by atoms with Crippen molar-refractivity contribution in [2.45, 2.75) is 0 Å². The Labute approximate surface area is 127 Å². The van der Waals surface area contributed by atoms with Gasteiger partial charge in [0.2, 0.25) is 0 Å². The van der Waals surface area contributed by atoms with Gasteiger partial charge >= 0.3 is 0 Å². The molecule has 0 unspecified atom stereocenters. The molecule has 0 fully saturated rings. The number of nitrogens with zero attached hydrogens (tertiary/aromatic N) is 2.